The Morgan fingerprint density at radius 3 is 2.31 bits per heavy atom. The molecule has 186 valence electrons. The number of amides is 2. The third kappa shape index (κ3) is 5.49. The Labute approximate surface area is 212 Å². The van der Waals surface area contributed by atoms with Crippen molar-refractivity contribution in [2.75, 3.05) is 39.3 Å². The molecule has 1 spiro atoms. The van der Waals surface area contributed by atoms with Crippen molar-refractivity contribution in [1.82, 2.24) is 14.7 Å². The van der Waals surface area contributed by atoms with Crippen molar-refractivity contribution in [3.05, 3.63) is 64.7 Å². The molecule has 3 aliphatic rings. The number of nitrogens with zero attached hydrogens (tertiary/aromatic N) is 3. The van der Waals surface area contributed by atoms with E-state index in [0.29, 0.717) is 19.5 Å². The maximum Gasteiger partial charge on any atom is 0.223 e. The van der Waals surface area contributed by atoms with Gasteiger partial charge in [-0.25, -0.2) is 0 Å². The van der Waals surface area contributed by atoms with Crippen LogP contribution < -0.4 is 4.74 Å². The zero-order chi connectivity index (χ0) is 24.4. The molecule has 1 unspecified atom stereocenters. The summed E-state index contributed by atoms with van der Waals surface area (Å²) < 4.78 is 6.55. The first-order chi connectivity index (χ1) is 16.9. The lowest BCUT2D eigenvalue weighted by molar-refractivity contribution is -0.134. The van der Waals surface area contributed by atoms with E-state index in [1.165, 1.54) is 5.56 Å². The lowest BCUT2D eigenvalue weighted by atomic mass is 9.76. The predicted molar refractivity (Wildman–Crippen MR) is 137 cm³/mol. The van der Waals surface area contributed by atoms with Crippen molar-refractivity contribution < 1.29 is 14.3 Å². The van der Waals surface area contributed by atoms with E-state index in [2.05, 4.69) is 23.1 Å². The highest BCUT2D eigenvalue weighted by molar-refractivity contribution is 6.30. The highest BCUT2D eigenvalue weighted by Gasteiger charge is 2.44. The van der Waals surface area contributed by atoms with E-state index < -0.39 is 0 Å². The van der Waals surface area contributed by atoms with Crippen LogP contribution in [0.25, 0.3) is 0 Å². The Morgan fingerprint density at radius 2 is 1.63 bits per heavy atom. The molecule has 6 nitrogen and oxygen atoms in total. The number of hydrogen-bond acceptors (Lipinski definition) is 4. The Bertz CT molecular complexity index is 1060. The lowest BCUT2D eigenvalue weighted by Gasteiger charge is -2.47. The molecule has 0 aliphatic carbocycles. The number of fused-ring (bicyclic) bond motifs is 1. The second kappa shape index (κ2) is 10.2. The topological polar surface area (TPSA) is 53.1 Å². The number of hydrogen-bond donors (Lipinski definition) is 0. The summed E-state index contributed by atoms with van der Waals surface area (Å²) in [6.07, 6.45) is 2.97. The van der Waals surface area contributed by atoms with Crippen molar-refractivity contribution >= 4 is 23.4 Å². The van der Waals surface area contributed by atoms with Crippen LogP contribution in [0.4, 0.5) is 0 Å². The van der Waals surface area contributed by atoms with E-state index in [0.717, 1.165) is 68.3 Å². The first kappa shape index (κ1) is 24.1. The van der Waals surface area contributed by atoms with Crippen LogP contribution in [-0.4, -0.2) is 71.4 Å². The number of piperidine rings is 1. The van der Waals surface area contributed by atoms with Crippen LogP contribution in [0, 0.1) is 0 Å². The molecule has 0 saturated carbocycles. The molecule has 0 bridgehead atoms. The minimum Gasteiger partial charge on any atom is -0.487 e. The van der Waals surface area contributed by atoms with Crippen molar-refractivity contribution in [3.8, 4) is 5.75 Å². The summed E-state index contributed by atoms with van der Waals surface area (Å²) in [5.74, 6) is 1.40. The van der Waals surface area contributed by atoms with Crippen LogP contribution in [0.1, 0.15) is 49.7 Å². The van der Waals surface area contributed by atoms with Crippen molar-refractivity contribution in [3.63, 3.8) is 0 Å². The summed E-state index contributed by atoms with van der Waals surface area (Å²) >= 11 is 6.01. The van der Waals surface area contributed by atoms with Gasteiger partial charge in [-0.2, -0.15) is 0 Å². The number of halogens is 1. The van der Waals surface area contributed by atoms with Crippen LogP contribution in [0.5, 0.6) is 5.75 Å². The summed E-state index contributed by atoms with van der Waals surface area (Å²) in [4.78, 5) is 31.5. The number of benzene rings is 2. The molecule has 35 heavy (non-hydrogen) atoms. The molecule has 2 aromatic rings. The zero-order valence-corrected chi connectivity index (χ0v) is 21.2. The monoisotopic (exact) mass is 495 g/mol. The molecule has 3 aliphatic heterocycles. The number of carbonyl (C=O) groups is 2. The van der Waals surface area contributed by atoms with Gasteiger partial charge in [-0.1, -0.05) is 41.9 Å². The molecule has 2 aromatic carbocycles. The first-order valence-corrected chi connectivity index (χ1v) is 13.1. The Balaban J connectivity index is 1.21. The number of piperazine rings is 1. The van der Waals surface area contributed by atoms with Crippen LogP contribution in [0.3, 0.4) is 0 Å². The van der Waals surface area contributed by atoms with E-state index in [1.54, 1.807) is 6.92 Å². The Kier molecular flexibility index (Phi) is 7.03. The average Bonchev–Trinajstić information content (AvgIpc) is 2.86. The normalized spacial score (nSPS) is 21.9. The molecule has 0 N–H and O–H groups in total. The summed E-state index contributed by atoms with van der Waals surface area (Å²) in [6, 6.07) is 16.2. The van der Waals surface area contributed by atoms with Gasteiger partial charge in [-0.3, -0.25) is 14.5 Å². The maximum atomic E-state index is 13.4. The van der Waals surface area contributed by atoms with E-state index in [4.69, 9.17) is 16.3 Å². The van der Waals surface area contributed by atoms with Crippen LogP contribution in [0.15, 0.2) is 48.5 Å². The molecule has 2 fully saturated rings. The molecular formula is C28H34ClN3O3. The van der Waals surface area contributed by atoms with E-state index in [9.17, 15) is 9.59 Å². The van der Waals surface area contributed by atoms with Gasteiger partial charge in [-0.15, -0.1) is 0 Å². The molecule has 0 radical (unpaired) electrons. The molecule has 5 rings (SSSR count). The number of ether oxygens (including phenoxy) is 1. The predicted octanol–water partition coefficient (Wildman–Crippen LogP) is 4.32. The van der Waals surface area contributed by atoms with Crippen LogP contribution >= 0.6 is 11.6 Å². The quantitative estimate of drug-likeness (QED) is 0.634. The molecule has 1 atom stereocenters. The molecule has 2 saturated heterocycles. The number of carbonyl (C=O) groups excluding carboxylic acids is 2. The molecule has 0 aromatic heterocycles. The minimum atomic E-state index is -0.289. The third-order valence-electron chi connectivity index (χ3n) is 7.89. The standard InChI is InChI=1S/C28H34ClN3O3/c1-21(33)31-12-10-28(11-13-31)19-23(25-4-2-3-5-26(25)35-28)18-27(34)32-16-14-30(15-17-32)20-22-6-8-24(29)9-7-22/h2-9,23H,10-20H2,1H3. The van der Waals surface area contributed by atoms with Gasteiger partial charge in [0.15, 0.2) is 0 Å². The fourth-order valence-corrected chi connectivity index (χ4v) is 5.93. The second-order valence-electron chi connectivity index (χ2n) is 10.2. The van der Waals surface area contributed by atoms with Gasteiger partial charge in [-0.05, 0) is 35.7 Å². The smallest absolute Gasteiger partial charge is 0.223 e. The SMILES string of the molecule is CC(=O)N1CCC2(CC1)CC(CC(=O)N1CCN(Cc3ccc(Cl)cc3)CC1)c1ccccc1O2. The van der Waals surface area contributed by atoms with Gasteiger partial charge in [0, 0.05) is 82.9 Å². The van der Waals surface area contributed by atoms with Crippen molar-refractivity contribution in [2.24, 2.45) is 0 Å². The number of rotatable bonds is 4. The van der Waals surface area contributed by atoms with Gasteiger partial charge in [0.05, 0.1) is 0 Å². The van der Waals surface area contributed by atoms with Gasteiger partial charge >= 0.3 is 0 Å². The fraction of sp³-hybridized carbons (Fsp3) is 0.500. The van der Waals surface area contributed by atoms with Crippen molar-refractivity contribution in [1.29, 1.82) is 0 Å². The van der Waals surface area contributed by atoms with Crippen LogP contribution in [-0.2, 0) is 16.1 Å². The number of likely N-dealkylation sites (tertiary alicyclic amines) is 1. The molecule has 2 amide bonds. The van der Waals surface area contributed by atoms with Gasteiger partial charge in [0.2, 0.25) is 11.8 Å². The maximum absolute atomic E-state index is 13.4. The first-order valence-electron chi connectivity index (χ1n) is 12.7. The fourth-order valence-electron chi connectivity index (χ4n) is 5.81. The Morgan fingerprint density at radius 1 is 0.943 bits per heavy atom. The lowest BCUT2D eigenvalue weighted by Crippen LogP contribution is -2.52. The molecular weight excluding hydrogens is 462 g/mol. The largest absolute Gasteiger partial charge is 0.487 e. The highest BCUT2D eigenvalue weighted by atomic mass is 35.5. The summed E-state index contributed by atoms with van der Waals surface area (Å²) in [5, 5.41) is 0.755. The minimum absolute atomic E-state index is 0.123. The Hall–Kier alpha value is -2.57. The van der Waals surface area contributed by atoms with Crippen molar-refractivity contribution in [2.45, 2.75) is 50.7 Å². The molecule has 7 heteroatoms. The summed E-state index contributed by atoms with van der Waals surface area (Å²) in [7, 11) is 0. The highest BCUT2D eigenvalue weighted by Crippen LogP contribution is 2.46. The van der Waals surface area contributed by atoms with Crippen LogP contribution in [0.2, 0.25) is 5.02 Å². The van der Waals surface area contributed by atoms with E-state index in [-0.39, 0.29) is 23.3 Å². The average molecular weight is 496 g/mol. The van der Waals surface area contributed by atoms with E-state index in [1.807, 2.05) is 40.1 Å². The molecule has 3 heterocycles. The van der Waals surface area contributed by atoms with E-state index >= 15 is 0 Å². The summed E-state index contributed by atoms with van der Waals surface area (Å²) in [6.45, 7) is 7.22. The van der Waals surface area contributed by atoms with Gasteiger partial charge in [0.25, 0.3) is 0 Å². The third-order valence-corrected chi connectivity index (χ3v) is 8.14. The zero-order valence-electron chi connectivity index (χ0n) is 20.4. The number of para-hydroxylation sites is 1. The van der Waals surface area contributed by atoms with Gasteiger partial charge in [0.1, 0.15) is 11.4 Å². The second-order valence-corrected chi connectivity index (χ2v) is 10.7. The van der Waals surface area contributed by atoms with Gasteiger partial charge < -0.3 is 14.5 Å². The summed E-state index contributed by atoms with van der Waals surface area (Å²) in [5.41, 5.74) is 2.10.